The Morgan fingerprint density at radius 3 is 2.50 bits per heavy atom. The Labute approximate surface area is 153 Å². The largest absolute Gasteiger partial charge is 0.469 e. The van der Waals surface area contributed by atoms with Crippen LogP contribution >= 0.6 is 0 Å². The van der Waals surface area contributed by atoms with Gasteiger partial charge in [-0.2, -0.15) is 0 Å². The molecule has 6 heteroatoms. The van der Waals surface area contributed by atoms with Crippen molar-refractivity contribution in [2.24, 2.45) is 5.73 Å². The molecule has 0 radical (unpaired) electrons. The summed E-state index contributed by atoms with van der Waals surface area (Å²) in [6.07, 6.45) is 2.87. The van der Waals surface area contributed by atoms with Crippen molar-refractivity contribution in [2.45, 2.75) is 44.9 Å². The van der Waals surface area contributed by atoms with Gasteiger partial charge in [-0.05, 0) is 31.4 Å². The first kappa shape index (κ1) is 18.2. The Balaban J connectivity index is 1.76. The lowest BCUT2D eigenvalue weighted by Crippen LogP contribution is -2.49. The van der Waals surface area contributed by atoms with E-state index < -0.39 is 6.04 Å². The molecule has 1 aliphatic heterocycles. The van der Waals surface area contributed by atoms with Gasteiger partial charge in [0, 0.05) is 25.7 Å². The summed E-state index contributed by atoms with van der Waals surface area (Å²) in [4.78, 5) is 28.6. The third-order valence-corrected chi connectivity index (χ3v) is 5.09. The quantitative estimate of drug-likeness (QED) is 0.860. The molecule has 0 unspecified atom stereocenters. The van der Waals surface area contributed by atoms with Gasteiger partial charge in [0.15, 0.2) is 0 Å². The van der Waals surface area contributed by atoms with Crippen molar-refractivity contribution < 1.29 is 14.0 Å². The molecule has 0 aliphatic carbocycles. The second kappa shape index (κ2) is 7.74. The molecule has 1 aromatic heterocycles. The molecule has 26 heavy (non-hydrogen) atoms. The fourth-order valence-corrected chi connectivity index (χ4v) is 3.61. The Hall–Kier alpha value is -2.60. The molecule has 0 spiro atoms. The third-order valence-electron chi connectivity index (χ3n) is 5.09. The zero-order valence-electron chi connectivity index (χ0n) is 15.2. The summed E-state index contributed by atoms with van der Waals surface area (Å²) in [5.41, 5.74) is 7.64. The molecule has 3 rings (SSSR count). The maximum Gasteiger partial charge on any atom is 0.240 e. The highest BCUT2D eigenvalue weighted by atomic mass is 16.3. The molecular formula is C20H25N3O3. The van der Waals surface area contributed by atoms with Crippen molar-refractivity contribution in [3.8, 4) is 0 Å². The van der Waals surface area contributed by atoms with Gasteiger partial charge >= 0.3 is 0 Å². The zero-order chi connectivity index (χ0) is 18.7. The van der Waals surface area contributed by atoms with Gasteiger partial charge in [0.25, 0.3) is 0 Å². The van der Waals surface area contributed by atoms with Crippen LogP contribution in [0.5, 0.6) is 0 Å². The average Bonchev–Trinajstić information content (AvgIpc) is 3.22. The number of hydrogen-bond acceptors (Lipinski definition) is 4. The molecule has 2 amide bonds. The minimum atomic E-state index is -0.409. The molecule has 2 aromatic rings. The molecule has 2 atom stereocenters. The number of amides is 2. The molecule has 2 N–H and O–H groups in total. The van der Waals surface area contributed by atoms with E-state index in [4.69, 9.17) is 10.2 Å². The van der Waals surface area contributed by atoms with E-state index in [1.165, 1.54) is 0 Å². The Morgan fingerprint density at radius 1 is 1.19 bits per heavy atom. The maximum atomic E-state index is 13.1. The van der Waals surface area contributed by atoms with Crippen LogP contribution in [0.4, 0.5) is 0 Å². The monoisotopic (exact) mass is 355 g/mol. The average molecular weight is 355 g/mol. The van der Waals surface area contributed by atoms with E-state index in [1.807, 2.05) is 48.2 Å². The molecular weight excluding hydrogens is 330 g/mol. The van der Waals surface area contributed by atoms with Crippen molar-refractivity contribution >= 4 is 11.8 Å². The van der Waals surface area contributed by atoms with Crippen LogP contribution in [0, 0.1) is 6.92 Å². The van der Waals surface area contributed by atoms with E-state index in [-0.39, 0.29) is 17.9 Å². The van der Waals surface area contributed by atoms with Crippen LogP contribution in [0.15, 0.2) is 47.1 Å². The van der Waals surface area contributed by atoms with Gasteiger partial charge in [-0.25, -0.2) is 0 Å². The normalized spacial score (nSPS) is 20.2. The molecule has 138 valence electrons. The summed E-state index contributed by atoms with van der Waals surface area (Å²) < 4.78 is 5.31. The van der Waals surface area contributed by atoms with Crippen LogP contribution in [-0.2, 0) is 22.7 Å². The summed E-state index contributed by atoms with van der Waals surface area (Å²) in [6, 6.07) is 11.0. The van der Waals surface area contributed by atoms with Crippen LogP contribution < -0.4 is 5.73 Å². The van der Waals surface area contributed by atoms with E-state index in [0.29, 0.717) is 25.9 Å². The fraction of sp³-hybridized carbons (Fsp3) is 0.400. The first-order chi connectivity index (χ1) is 12.5. The number of aryl methyl sites for hydroxylation is 1. The first-order valence-corrected chi connectivity index (χ1v) is 8.84. The summed E-state index contributed by atoms with van der Waals surface area (Å²) in [7, 11) is 1.78. The van der Waals surface area contributed by atoms with Crippen molar-refractivity contribution in [1.82, 2.24) is 9.80 Å². The van der Waals surface area contributed by atoms with Gasteiger partial charge in [-0.1, -0.05) is 30.3 Å². The molecule has 1 aromatic carbocycles. The second-order valence-electron chi connectivity index (χ2n) is 6.87. The summed E-state index contributed by atoms with van der Waals surface area (Å²) in [5.74, 6) is 0.446. The second-order valence-corrected chi connectivity index (χ2v) is 6.87. The number of hydrogen-bond donors (Lipinski definition) is 1. The summed E-state index contributed by atoms with van der Waals surface area (Å²) in [5, 5.41) is 0. The molecule has 2 heterocycles. The fourth-order valence-electron chi connectivity index (χ4n) is 3.61. The van der Waals surface area contributed by atoms with Gasteiger partial charge in [0.1, 0.15) is 5.76 Å². The SMILES string of the molecule is Cc1occc1CN(C)C(=O)[C@H]1CC[C@@H](C(N)=O)N1Cc1ccccc1. The minimum absolute atomic E-state index is 0.00489. The molecule has 1 fully saturated rings. The number of furan rings is 1. The molecule has 0 saturated carbocycles. The van der Waals surface area contributed by atoms with Crippen LogP contribution in [0.1, 0.15) is 29.7 Å². The number of nitrogens with two attached hydrogens (primary N) is 1. The number of rotatable bonds is 6. The van der Waals surface area contributed by atoms with E-state index in [0.717, 1.165) is 16.9 Å². The van der Waals surface area contributed by atoms with Crippen molar-refractivity contribution in [3.05, 3.63) is 59.5 Å². The topological polar surface area (TPSA) is 79.8 Å². The van der Waals surface area contributed by atoms with Gasteiger partial charge in [-0.15, -0.1) is 0 Å². The van der Waals surface area contributed by atoms with E-state index >= 15 is 0 Å². The Bertz CT molecular complexity index is 772. The minimum Gasteiger partial charge on any atom is -0.469 e. The molecule has 0 bridgehead atoms. The number of benzene rings is 1. The Kier molecular flexibility index (Phi) is 5.42. The molecule has 1 aliphatic rings. The van der Waals surface area contributed by atoms with Crippen LogP contribution in [-0.4, -0.2) is 40.7 Å². The summed E-state index contributed by atoms with van der Waals surface area (Å²) >= 11 is 0. The zero-order valence-corrected chi connectivity index (χ0v) is 15.2. The van der Waals surface area contributed by atoms with Crippen LogP contribution in [0.25, 0.3) is 0 Å². The predicted octanol–water partition coefficient (Wildman–Crippen LogP) is 2.06. The van der Waals surface area contributed by atoms with Gasteiger partial charge in [0.2, 0.25) is 11.8 Å². The smallest absolute Gasteiger partial charge is 0.240 e. The van der Waals surface area contributed by atoms with Crippen LogP contribution in [0.3, 0.4) is 0 Å². The highest BCUT2D eigenvalue weighted by molar-refractivity contribution is 5.86. The van der Waals surface area contributed by atoms with Gasteiger partial charge in [0.05, 0.1) is 18.3 Å². The van der Waals surface area contributed by atoms with Crippen LogP contribution in [0.2, 0.25) is 0 Å². The number of primary amides is 1. The van der Waals surface area contributed by atoms with Crippen molar-refractivity contribution in [2.75, 3.05) is 7.05 Å². The first-order valence-electron chi connectivity index (χ1n) is 8.84. The maximum absolute atomic E-state index is 13.1. The summed E-state index contributed by atoms with van der Waals surface area (Å²) in [6.45, 7) is 2.90. The van der Waals surface area contributed by atoms with E-state index in [2.05, 4.69) is 0 Å². The van der Waals surface area contributed by atoms with Crippen molar-refractivity contribution in [3.63, 3.8) is 0 Å². The molecule has 6 nitrogen and oxygen atoms in total. The van der Waals surface area contributed by atoms with E-state index in [1.54, 1.807) is 18.2 Å². The number of likely N-dealkylation sites (N-methyl/N-ethyl adjacent to an activating group) is 1. The van der Waals surface area contributed by atoms with E-state index in [9.17, 15) is 9.59 Å². The predicted molar refractivity (Wildman–Crippen MR) is 97.9 cm³/mol. The van der Waals surface area contributed by atoms with Crippen molar-refractivity contribution in [1.29, 1.82) is 0 Å². The van der Waals surface area contributed by atoms with Gasteiger partial charge in [-0.3, -0.25) is 14.5 Å². The standard InChI is InChI=1S/C20H25N3O3/c1-14-16(10-11-26-14)13-22(2)20(25)18-9-8-17(19(21)24)23(18)12-15-6-4-3-5-7-15/h3-7,10-11,17-18H,8-9,12-13H2,1-2H3,(H2,21,24)/t17-,18+/m0/s1. The third kappa shape index (κ3) is 3.80. The highest BCUT2D eigenvalue weighted by Gasteiger charge is 2.41. The lowest BCUT2D eigenvalue weighted by atomic mass is 10.1. The number of likely N-dealkylation sites (tertiary alicyclic amines) is 1. The Morgan fingerprint density at radius 2 is 1.88 bits per heavy atom. The molecule has 1 saturated heterocycles. The lowest BCUT2D eigenvalue weighted by Gasteiger charge is -2.30. The highest BCUT2D eigenvalue weighted by Crippen LogP contribution is 2.28. The lowest BCUT2D eigenvalue weighted by molar-refractivity contribution is -0.136. The number of carbonyl (C=O) groups is 2. The number of nitrogens with zero attached hydrogens (tertiary/aromatic N) is 2. The van der Waals surface area contributed by atoms with Gasteiger partial charge < -0.3 is 15.1 Å². The number of carbonyl (C=O) groups excluding carboxylic acids is 2.